The van der Waals surface area contributed by atoms with Crippen LogP contribution in [0.25, 0.3) is 12.2 Å². The summed E-state index contributed by atoms with van der Waals surface area (Å²) in [5.41, 5.74) is 3.93. The van der Waals surface area contributed by atoms with E-state index in [1.54, 1.807) is 66.7 Å². The van der Waals surface area contributed by atoms with Crippen molar-refractivity contribution in [1.29, 1.82) is 0 Å². The molecule has 0 radical (unpaired) electrons. The summed E-state index contributed by atoms with van der Waals surface area (Å²) in [6.07, 6.45) is 3.23. The second kappa shape index (κ2) is 8.41. The highest BCUT2D eigenvalue weighted by Gasteiger charge is 2.39. The van der Waals surface area contributed by atoms with Crippen LogP contribution in [-0.2, 0) is 0 Å². The molecule has 4 aromatic rings. The first-order valence-corrected chi connectivity index (χ1v) is 10.7. The van der Waals surface area contributed by atoms with Gasteiger partial charge < -0.3 is 30.3 Å². The van der Waals surface area contributed by atoms with Crippen molar-refractivity contribution in [2.45, 2.75) is 12.0 Å². The largest absolute Gasteiger partial charge is 0.508 e. The number of aromatic hydroxyl groups is 5. The summed E-state index contributed by atoms with van der Waals surface area (Å²) in [6.45, 7) is 0. The Morgan fingerprint density at radius 2 is 1.24 bits per heavy atom. The zero-order chi connectivity index (χ0) is 23.8. The maximum atomic E-state index is 10.4. The van der Waals surface area contributed by atoms with Gasteiger partial charge in [-0.05, 0) is 64.7 Å². The van der Waals surface area contributed by atoms with E-state index in [1.807, 2.05) is 12.2 Å². The number of rotatable bonds is 4. The van der Waals surface area contributed by atoms with E-state index in [1.165, 1.54) is 12.1 Å². The van der Waals surface area contributed by atoms with Crippen LogP contribution in [-0.4, -0.2) is 25.5 Å². The molecule has 34 heavy (non-hydrogen) atoms. The van der Waals surface area contributed by atoms with E-state index < -0.39 is 6.10 Å². The Morgan fingerprint density at radius 3 is 1.91 bits per heavy atom. The Hall–Kier alpha value is -4.58. The van der Waals surface area contributed by atoms with Gasteiger partial charge >= 0.3 is 0 Å². The van der Waals surface area contributed by atoms with Crippen molar-refractivity contribution >= 4 is 12.2 Å². The van der Waals surface area contributed by atoms with Crippen molar-refractivity contribution < 1.29 is 30.3 Å². The number of phenolic OH excluding ortho intramolecular Hbond substituents is 5. The fraction of sp³-hybridized carbons (Fsp3) is 0.0714. The molecule has 5 N–H and O–H groups in total. The Morgan fingerprint density at radius 1 is 0.588 bits per heavy atom. The molecule has 5 rings (SSSR count). The van der Waals surface area contributed by atoms with Gasteiger partial charge in [0, 0.05) is 11.6 Å². The van der Waals surface area contributed by atoms with Gasteiger partial charge in [-0.25, -0.2) is 0 Å². The lowest BCUT2D eigenvalue weighted by molar-refractivity contribution is 0.221. The number of ether oxygens (including phenoxy) is 1. The number of fused-ring (bicyclic) bond motifs is 1. The standard InChI is InChI=1S/C28H22O6/c29-20-8-2-16(3-9-20)1-4-18-13-22(31)15-25-26(18)27(19-7-12-23(32)24(33)14-19)28(34-25)17-5-10-21(30)11-6-17/h1-15,27-33H. The summed E-state index contributed by atoms with van der Waals surface area (Å²) in [5.74, 6) is 0.0217. The molecule has 0 bridgehead atoms. The zero-order valence-corrected chi connectivity index (χ0v) is 18.0. The van der Waals surface area contributed by atoms with Crippen molar-refractivity contribution in [1.82, 2.24) is 0 Å². The van der Waals surface area contributed by atoms with Crippen molar-refractivity contribution in [3.63, 3.8) is 0 Å². The van der Waals surface area contributed by atoms with Gasteiger partial charge in [-0.1, -0.05) is 42.5 Å². The minimum atomic E-state index is -0.498. The lowest BCUT2D eigenvalue weighted by Gasteiger charge is -2.21. The normalized spacial score (nSPS) is 16.9. The highest BCUT2D eigenvalue weighted by Crippen LogP contribution is 2.53. The first-order valence-electron chi connectivity index (χ1n) is 10.7. The molecule has 0 saturated carbocycles. The summed E-state index contributed by atoms with van der Waals surface area (Å²) in [7, 11) is 0. The molecule has 6 nitrogen and oxygen atoms in total. The van der Waals surface area contributed by atoms with E-state index in [-0.39, 0.29) is 34.7 Å². The SMILES string of the molecule is Oc1ccc(C=Cc2cc(O)cc3c2C(c2ccc(O)c(O)c2)C(c2ccc(O)cc2)O3)cc1. The minimum absolute atomic E-state index is 0.0442. The lowest BCUT2D eigenvalue weighted by atomic mass is 9.82. The van der Waals surface area contributed by atoms with Gasteiger partial charge in [-0.15, -0.1) is 0 Å². The molecule has 170 valence electrons. The van der Waals surface area contributed by atoms with Crippen LogP contribution in [0.1, 0.15) is 39.8 Å². The van der Waals surface area contributed by atoms with Crippen molar-refractivity contribution in [2.24, 2.45) is 0 Å². The molecule has 0 aromatic heterocycles. The first kappa shape index (κ1) is 21.3. The molecule has 0 spiro atoms. The Labute approximate surface area is 195 Å². The van der Waals surface area contributed by atoms with Gasteiger partial charge in [0.25, 0.3) is 0 Å². The van der Waals surface area contributed by atoms with Crippen LogP contribution in [0.15, 0.2) is 78.9 Å². The minimum Gasteiger partial charge on any atom is -0.508 e. The topological polar surface area (TPSA) is 110 Å². The van der Waals surface area contributed by atoms with Crippen LogP contribution < -0.4 is 4.74 Å². The molecule has 0 saturated heterocycles. The predicted molar refractivity (Wildman–Crippen MR) is 128 cm³/mol. The van der Waals surface area contributed by atoms with Gasteiger partial charge in [0.05, 0.1) is 5.92 Å². The van der Waals surface area contributed by atoms with Crippen LogP contribution in [0.3, 0.4) is 0 Å². The summed E-state index contributed by atoms with van der Waals surface area (Å²) < 4.78 is 6.31. The van der Waals surface area contributed by atoms with Crippen LogP contribution in [0.4, 0.5) is 0 Å². The first-order chi connectivity index (χ1) is 16.4. The van der Waals surface area contributed by atoms with E-state index >= 15 is 0 Å². The van der Waals surface area contributed by atoms with E-state index in [0.717, 1.165) is 27.8 Å². The third kappa shape index (κ3) is 3.97. The Bertz CT molecular complexity index is 1370. The smallest absolute Gasteiger partial charge is 0.157 e. The average molecular weight is 454 g/mol. The van der Waals surface area contributed by atoms with Crippen LogP contribution in [0.2, 0.25) is 0 Å². The third-order valence-electron chi connectivity index (χ3n) is 5.96. The van der Waals surface area contributed by atoms with E-state index in [2.05, 4.69) is 0 Å². The molecule has 6 heteroatoms. The molecule has 1 heterocycles. The highest BCUT2D eigenvalue weighted by atomic mass is 16.5. The quantitative estimate of drug-likeness (QED) is 0.201. The molecule has 1 aliphatic heterocycles. The fourth-order valence-electron chi connectivity index (χ4n) is 4.33. The summed E-state index contributed by atoms with van der Waals surface area (Å²) in [5, 5.41) is 49.7. The number of benzene rings is 4. The maximum absolute atomic E-state index is 10.4. The van der Waals surface area contributed by atoms with E-state index in [9.17, 15) is 25.5 Å². The van der Waals surface area contributed by atoms with E-state index in [4.69, 9.17) is 4.74 Å². The number of hydrogen-bond donors (Lipinski definition) is 5. The summed E-state index contributed by atoms with van der Waals surface area (Å²) in [6, 6.07) is 21.3. The molecule has 0 aliphatic carbocycles. The number of hydrogen-bond acceptors (Lipinski definition) is 6. The number of phenols is 5. The fourth-order valence-corrected chi connectivity index (χ4v) is 4.33. The van der Waals surface area contributed by atoms with Crippen molar-refractivity contribution in [3.05, 3.63) is 107 Å². The molecule has 2 atom stereocenters. The van der Waals surface area contributed by atoms with Crippen LogP contribution in [0.5, 0.6) is 34.5 Å². The Kier molecular flexibility index (Phi) is 5.26. The summed E-state index contributed by atoms with van der Waals surface area (Å²) in [4.78, 5) is 0. The second-order valence-corrected chi connectivity index (χ2v) is 8.23. The zero-order valence-electron chi connectivity index (χ0n) is 18.0. The molecule has 2 unspecified atom stereocenters. The Balaban J connectivity index is 1.66. The van der Waals surface area contributed by atoms with Gasteiger partial charge in [-0.3, -0.25) is 0 Å². The third-order valence-corrected chi connectivity index (χ3v) is 5.96. The molecule has 1 aliphatic rings. The molecule has 0 fully saturated rings. The van der Waals surface area contributed by atoms with E-state index in [0.29, 0.717) is 5.75 Å². The molecular weight excluding hydrogens is 432 g/mol. The average Bonchev–Trinajstić information content (AvgIpc) is 3.20. The van der Waals surface area contributed by atoms with Gasteiger partial charge in [0.15, 0.2) is 11.5 Å². The highest BCUT2D eigenvalue weighted by molar-refractivity contribution is 5.75. The molecule has 0 amide bonds. The second-order valence-electron chi connectivity index (χ2n) is 8.23. The van der Waals surface area contributed by atoms with Gasteiger partial charge in [0.2, 0.25) is 0 Å². The van der Waals surface area contributed by atoms with Crippen LogP contribution in [0, 0.1) is 0 Å². The predicted octanol–water partition coefficient (Wildman–Crippen LogP) is 5.65. The van der Waals surface area contributed by atoms with Crippen molar-refractivity contribution in [2.75, 3.05) is 0 Å². The molecule has 4 aromatic carbocycles. The van der Waals surface area contributed by atoms with Gasteiger partial charge in [-0.2, -0.15) is 0 Å². The maximum Gasteiger partial charge on any atom is 0.157 e. The van der Waals surface area contributed by atoms with Gasteiger partial charge in [0.1, 0.15) is 29.1 Å². The lowest BCUT2D eigenvalue weighted by Crippen LogP contribution is -2.11. The monoisotopic (exact) mass is 454 g/mol. The molecular formula is C28H22O6. The summed E-state index contributed by atoms with van der Waals surface area (Å²) >= 11 is 0. The van der Waals surface area contributed by atoms with Crippen LogP contribution >= 0.6 is 0 Å². The van der Waals surface area contributed by atoms with Crippen molar-refractivity contribution in [3.8, 4) is 34.5 Å².